The van der Waals surface area contributed by atoms with Crippen molar-refractivity contribution >= 4 is 23.7 Å². The minimum Gasteiger partial charge on any atom is -0.496 e. The third-order valence-corrected chi connectivity index (χ3v) is 7.50. The summed E-state index contributed by atoms with van der Waals surface area (Å²) in [5, 5.41) is 2.83. The smallest absolute Gasteiger partial charge is 0.207 e. The molecule has 7 heteroatoms. The summed E-state index contributed by atoms with van der Waals surface area (Å²) in [6, 6.07) is 12.7. The molecule has 4 rings (SSSR count). The largest absolute Gasteiger partial charge is 0.496 e. The minimum atomic E-state index is -0.288. The van der Waals surface area contributed by atoms with Crippen molar-refractivity contribution < 1.29 is 19.1 Å². The number of ether oxygens (including phenoxy) is 2. The van der Waals surface area contributed by atoms with Gasteiger partial charge in [0, 0.05) is 30.6 Å². The number of carbonyl (C=O) groups excluding carboxylic acids is 2. The van der Waals surface area contributed by atoms with Gasteiger partial charge in [0.25, 0.3) is 0 Å². The second kappa shape index (κ2) is 12.4. The Morgan fingerprint density at radius 2 is 1.89 bits per heavy atom. The molecule has 0 saturated carbocycles. The maximum Gasteiger partial charge on any atom is 0.207 e. The number of nitrogens with one attached hydrogen (secondary N) is 1. The lowest BCUT2D eigenvalue weighted by molar-refractivity contribution is -0.110. The summed E-state index contributed by atoms with van der Waals surface area (Å²) in [4.78, 5) is 28.4. The van der Waals surface area contributed by atoms with Gasteiger partial charge in [-0.3, -0.25) is 4.79 Å². The molecule has 37 heavy (non-hydrogen) atoms. The number of aldehydes is 1. The number of amides is 1. The predicted octanol–water partition coefficient (Wildman–Crippen LogP) is 5.11. The third kappa shape index (κ3) is 6.04. The molecule has 198 valence electrons. The zero-order valence-corrected chi connectivity index (χ0v) is 22.4. The first-order chi connectivity index (χ1) is 18.0. The van der Waals surface area contributed by atoms with Gasteiger partial charge in [0.15, 0.2) is 0 Å². The van der Waals surface area contributed by atoms with Crippen LogP contribution in [0.4, 0.5) is 0 Å². The number of nitrogens with zero attached hydrogens (tertiary/aromatic N) is 2. The van der Waals surface area contributed by atoms with Crippen molar-refractivity contribution in [3.63, 3.8) is 0 Å². The van der Waals surface area contributed by atoms with Gasteiger partial charge in [0.1, 0.15) is 17.9 Å². The Kier molecular flexibility index (Phi) is 8.98. The Morgan fingerprint density at radius 1 is 1.14 bits per heavy atom. The summed E-state index contributed by atoms with van der Waals surface area (Å²) in [6.07, 6.45) is 5.78. The fraction of sp³-hybridized carbons (Fsp3) is 0.500. The van der Waals surface area contributed by atoms with Crippen LogP contribution >= 0.6 is 0 Å². The third-order valence-electron chi connectivity index (χ3n) is 7.50. The van der Waals surface area contributed by atoms with Crippen LogP contribution in [0.5, 0.6) is 5.75 Å². The van der Waals surface area contributed by atoms with Crippen molar-refractivity contribution in [2.45, 2.75) is 76.8 Å². The second-order valence-corrected chi connectivity index (χ2v) is 10.4. The Labute approximate surface area is 219 Å². The van der Waals surface area contributed by atoms with Crippen LogP contribution in [0.2, 0.25) is 0 Å². The lowest BCUT2D eigenvalue weighted by atomic mass is 9.93. The number of aromatic nitrogens is 2. The van der Waals surface area contributed by atoms with Crippen LogP contribution in [0.15, 0.2) is 36.4 Å². The van der Waals surface area contributed by atoms with Gasteiger partial charge in [-0.25, -0.2) is 4.98 Å². The maximum absolute atomic E-state index is 12.3. The summed E-state index contributed by atoms with van der Waals surface area (Å²) in [7, 11) is 1.67. The molecule has 0 bridgehead atoms. The fourth-order valence-electron chi connectivity index (χ4n) is 5.29. The quantitative estimate of drug-likeness (QED) is 0.346. The molecule has 3 aromatic rings. The van der Waals surface area contributed by atoms with E-state index >= 15 is 0 Å². The summed E-state index contributed by atoms with van der Waals surface area (Å²) in [5.74, 6) is 1.84. The number of imidazole rings is 1. The Hall–Kier alpha value is -3.19. The van der Waals surface area contributed by atoms with Gasteiger partial charge in [0.05, 0.1) is 30.8 Å². The number of benzene rings is 2. The Morgan fingerprint density at radius 3 is 2.51 bits per heavy atom. The van der Waals surface area contributed by atoms with E-state index < -0.39 is 0 Å². The molecule has 7 nitrogen and oxygen atoms in total. The highest BCUT2D eigenvalue weighted by atomic mass is 16.5. The average Bonchev–Trinajstić information content (AvgIpc) is 3.29. The fourth-order valence-corrected chi connectivity index (χ4v) is 5.29. The molecular weight excluding hydrogens is 466 g/mol. The molecule has 2 heterocycles. The van der Waals surface area contributed by atoms with Gasteiger partial charge in [-0.1, -0.05) is 38.1 Å². The van der Waals surface area contributed by atoms with Crippen molar-refractivity contribution in [2.24, 2.45) is 0 Å². The number of methoxy groups -OCH3 is 1. The van der Waals surface area contributed by atoms with E-state index in [1.165, 1.54) is 5.56 Å². The average molecular weight is 506 g/mol. The van der Waals surface area contributed by atoms with Gasteiger partial charge < -0.3 is 24.2 Å². The van der Waals surface area contributed by atoms with E-state index in [9.17, 15) is 9.59 Å². The zero-order chi connectivity index (χ0) is 26.4. The molecule has 1 saturated heterocycles. The van der Waals surface area contributed by atoms with E-state index in [1.807, 2.05) is 13.0 Å². The van der Waals surface area contributed by atoms with Crippen LogP contribution in [-0.2, 0) is 27.2 Å². The summed E-state index contributed by atoms with van der Waals surface area (Å²) in [6.45, 7) is 7.74. The topological polar surface area (TPSA) is 82.4 Å². The number of carbonyl (C=O) groups is 2. The summed E-state index contributed by atoms with van der Waals surface area (Å²) < 4.78 is 13.9. The number of hydrogen-bond donors (Lipinski definition) is 1. The van der Waals surface area contributed by atoms with Gasteiger partial charge >= 0.3 is 0 Å². The molecule has 0 spiro atoms. The molecule has 1 aliphatic heterocycles. The first-order valence-corrected chi connectivity index (χ1v) is 13.4. The van der Waals surface area contributed by atoms with Crippen LogP contribution in [0.1, 0.15) is 80.4 Å². The van der Waals surface area contributed by atoms with Crippen LogP contribution in [-0.4, -0.2) is 48.6 Å². The van der Waals surface area contributed by atoms with E-state index in [2.05, 4.69) is 54.1 Å². The van der Waals surface area contributed by atoms with Crippen molar-refractivity contribution in [3.8, 4) is 5.75 Å². The van der Waals surface area contributed by atoms with Crippen molar-refractivity contribution in [1.82, 2.24) is 14.9 Å². The molecule has 1 aromatic heterocycles. The highest BCUT2D eigenvalue weighted by Crippen LogP contribution is 2.35. The SMILES string of the molecule is COc1ccc2c(nc(CC(C=O)c3ccc(C(C)C)cc3)n2C2CCCOC2)c1CCC(C)NC=O. The van der Waals surface area contributed by atoms with Crippen molar-refractivity contribution in [1.29, 1.82) is 0 Å². The summed E-state index contributed by atoms with van der Waals surface area (Å²) >= 11 is 0. The highest BCUT2D eigenvalue weighted by molar-refractivity contribution is 5.83. The molecule has 1 N–H and O–H groups in total. The molecular formula is C30H39N3O4. The van der Waals surface area contributed by atoms with Crippen molar-refractivity contribution in [3.05, 3.63) is 58.9 Å². The van der Waals surface area contributed by atoms with E-state index in [-0.39, 0.29) is 18.0 Å². The Balaban J connectivity index is 1.76. The van der Waals surface area contributed by atoms with Gasteiger partial charge in [0.2, 0.25) is 6.41 Å². The van der Waals surface area contributed by atoms with Crippen molar-refractivity contribution in [2.75, 3.05) is 20.3 Å². The van der Waals surface area contributed by atoms with E-state index in [1.54, 1.807) is 7.11 Å². The molecule has 0 radical (unpaired) electrons. The number of aryl methyl sites for hydroxylation is 1. The maximum atomic E-state index is 12.3. The van der Waals surface area contributed by atoms with Gasteiger partial charge in [-0.15, -0.1) is 0 Å². The second-order valence-electron chi connectivity index (χ2n) is 10.4. The molecule has 1 fully saturated rings. The minimum absolute atomic E-state index is 0.0408. The lowest BCUT2D eigenvalue weighted by Crippen LogP contribution is -2.24. The van der Waals surface area contributed by atoms with Gasteiger partial charge in [-0.2, -0.15) is 0 Å². The lowest BCUT2D eigenvalue weighted by Gasteiger charge is -2.26. The van der Waals surface area contributed by atoms with Crippen LogP contribution < -0.4 is 10.1 Å². The standard InChI is InChI=1S/C30H39N3O4/c1-20(2)22-8-10-23(11-9-22)24(17-34)16-29-32-30-26(12-7-21(3)31-19-35)28(36-4)14-13-27(30)33(29)25-6-5-15-37-18-25/h8-11,13-14,17,19-21,24-25H,5-7,12,15-16,18H2,1-4H3,(H,31,35). The molecule has 0 aliphatic carbocycles. The first kappa shape index (κ1) is 26.9. The molecule has 3 atom stereocenters. The zero-order valence-electron chi connectivity index (χ0n) is 22.4. The van der Waals surface area contributed by atoms with Crippen LogP contribution in [0.25, 0.3) is 11.0 Å². The normalized spacial score (nSPS) is 17.5. The van der Waals surface area contributed by atoms with Gasteiger partial charge in [-0.05, 0) is 61.8 Å². The van der Waals surface area contributed by atoms with Crippen LogP contribution in [0.3, 0.4) is 0 Å². The Bertz CT molecular complexity index is 1200. The number of hydrogen-bond acceptors (Lipinski definition) is 5. The molecule has 1 aliphatic rings. The van der Waals surface area contributed by atoms with E-state index in [0.717, 1.165) is 72.3 Å². The monoisotopic (exact) mass is 505 g/mol. The predicted molar refractivity (Wildman–Crippen MR) is 145 cm³/mol. The molecule has 3 unspecified atom stereocenters. The number of fused-ring (bicyclic) bond motifs is 1. The van der Waals surface area contributed by atoms with E-state index in [4.69, 9.17) is 14.5 Å². The highest BCUT2D eigenvalue weighted by Gasteiger charge is 2.26. The van der Waals surface area contributed by atoms with E-state index in [0.29, 0.717) is 25.4 Å². The molecule has 1 amide bonds. The first-order valence-electron chi connectivity index (χ1n) is 13.4. The summed E-state index contributed by atoms with van der Waals surface area (Å²) in [5.41, 5.74) is 5.23. The molecule has 2 aromatic carbocycles. The number of rotatable bonds is 12. The van der Waals surface area contributed by atoms with Crippen LogP contribution in [0, 0.1) is 0 Å².